The van der Waals surface area contributed by atoms with E-state index in [0.29, 0.717) is 19.3 Å². The molecule has 0 rings (SSSR count). The van der Waals surface area contributed by atoms with E-state index in [2.05, 4.69) is 106 Å². The van der Waals surface area contributed by atoms with Crippen LogP contribution in [-0.4, -0.2) is 37.2 Å². The lowest BCUT2D eigenvalue weighted by Gasteiger charge is -2.18. The second kappa shape index (κ2) is 68.1. The maximum absolute atomic E-state index is 12.9. The number of rotatable bonds is 63. The average molecular weight is 1120 g/mol. The number of hydrogen-bond donors (Lipinski definition) is 0. The van der Waals surface area contributed by atoms with Gasteiger partial charge in [-0.15, -0.1) is 0 Å². The van der Waals surface area contributed by atoms with Crippen molar-refractivity contribution in [2.75, 3.05) is 13.2 Å². The van der Waals surface area contributed by atoms with Crippen molar-refractivity contribution in [2.45, 2.75) is 354 Å². The van der Waals surface area contributed by atoms with Crippen molar-refractivity contribution in [3.05, 3.63) is 85.1 Å². The molecule has 0 aliphatic heterocycles. The first kappa shape index (κ1) is 76.6. The number of carbonyl (C=O) groups excluding carboxylic acids is 3. The van der Waals surface area contributed by atoms with Gasteiger partial charge in [-0.2, -0.15) is 0 Å². The maximum Gasteiger partial charge on any atom is 0.306 e. The van der Waals surface area contributed by atoms with E-state index < -0.39 is 6.10 Å². The van der Waals surface area contributed by atoms with Crippen molar-refractivity contribution >= 4 is 17.9 Å². The molecule has 0 amide bonds. The lowest BCUT2D eigenvalue weighted by molar-refractivity contribution is -0.167. The Bertz CT molecular complexity index is 1520. The van der Waals surface area contributed by atoms with Gasteiger partial charge in [-0.1, -0.05) is 298 Å². The van der Waals surface area contributed by atoms with Crippen molar-refractivity contribution in [2.24, 2.45) is 0 Å². The summed E-state index contributed by atoms with van der Waals surface area (Å²) < 4.78 is 16.9. The van der Waals surface area contributed by atoms with E-state index in [9.17, 15) is 14.4 Å². The van der Waals surface area contributed by atoms with Crippen molar-refractivity contribution in [3.63, 3.8) is 0 Å². The molecule has 0 aromatic rings. The third-order valence-corrected chi connectivity index (χ3v) is 15.1. The SMILES string of the molecule is CC/C=C\C/C=C\C/C=C\C/C=C\CCCCC(=O)OCC(COC(=O)CCCCCCCCCCCCCCCCCCCCC/C=C\CCCCCCCCCC)OC(=O)CCCCCCC/C=C\C/C=C\CCCCCC. The van der Waals surface area contributed by atoms with Crippen LogP contribution in [-0.2, 0) is 28.6 Å². The summed E-state index contributed by atoms with van der Waals surface area (Å²) in [6.07, 6.45) is 90.5. The molecule has 0 saturated heterocycles. The van der Waals surface area contributed by atoms with Gasteiger partial charge in [-0.3, -0.25) is 14.4 Å². The molecule has 0 fully saturated rings. The molecular formula is C74H130O6. The van der Waals surface area contributed by atoms with Gasteiger partial charge < -0.3 is 14.2 Å². The van der Waals surface area contributed by atoms with E-state index >= 15 is 0 Å². The van der Waals surface area contributed by atoms with Crippen molar-refractivity contribution in [1.82, 2.24) is 0 Å². The minimum Gasteiger partial charge on any atom is -0.462 e. The number of ether oxygens (including phenoxy) is 3. The molecule has 0 heterocycles. The number of allylic oxidation sites excluding steroid dienone is 14. The Morgan fingerprint density at radius 1 is 0.263 bits per heavy atom. The highest BCUT2D eigenvalue weighted by Gasteiger charge is 2.19. The van der Waals surface area contributed by atoms with Crippen molar-refractivity contribution < 1.29 is 28.6 Å². The summed E-state index contributed by atoms with van der Waals surface area (Å²) in [5.41, 5.74) is 0. The third-order valence-electron chi connectivity index (χ3n) is 15.1. The van der Waals surface area contributed by atoms with Crippen LogP contribution < -0.4 is 0 Å². The van der Waals surface area contributed by atoms with Crippen LogP contribution in [0, 0.1) is 0 Å². The highest BCUT2D eigenvalue weighted by Crippen LogP contribution is 2.17. The van der Waals surface area contributed by atoms with Crippen LogP contribution in [0.25, 0.3) is 0 Å². The van der Waals surface area contributed by atoms with Gasteiger partial charge in [0, 0.05) is 19.3 Å². The van der Waals surface area contributed by atoms with Crippen LogP contribution in [0.4, 0.5) is 0 Å². The minimum absolute atomic E-state index is 0.0932. The average Bonchev–Trinajstić information content (AvgIpc) is 3.46. The number of hydrogen-bond acceptors (Lipinski definition) is 6. The Balaban J connectivity index is 4.22. The molecule has 0 bridgehead atoms. The van der Waals surface area contributed by atoms with E-state index in [0.717, 1.165) is 109 Å². The van der Waals surface area contributed by atoms with Crippen molar-refractivity contribution in [3.8, 4) is 0 Å². The number of unbranched alkanes of at least 4 members (excludes halogenated alkanes) is 38. The fourth-order valence-electron chi connectivity index (χ4n) is 9.93. The summed E-state index contributed by atoms with van der Waals surface area (Å²) in [7, 11) is 0. The molecule has 0 spiro atoms. The Morgan fingerprint density at radius 3 is 0.812 bits per heavy atom. The highest BCUT2D eigenvalue weighted by atomic mass is 16.6. The molecular weight excluding hydrogens is 985 g/mol. The molecule has 6 heteroatoms. The molecule has 0 radical (unpaired) electrons. The Kier molecular flexibility index (Phi) is 65.2. The smallest absolute Gasteiger partial charge is 0.306 e. The van der Waals surface area contributed by atoms with Gasteiger partial charge in [0.1, 0.15) is 13.2 Å². The monoisotopic (exact) mass is 1110 g/mol. The summed E-state index contributed by atoms with van der Waals surface area (Å²) >= 11 is 0. The molecule has 0 saturated carbocycles. The molecule has 0 aromatic heterocycles. The lowest BCUT2D eigenvalue weighted by Crippen LogP contribution is -2.30. The lowest BCUT2D eigenvalue weighted by atomic mass is 10.0. The van der Waals surface area contributed by atoms with Gasteiger partial charge in [0.15, 0.2) is 6.10 Å². The van der Waals surface area contributed by atoms with Crippen LogP contribution >= 0.6 is 0 Å². The zero-order valence-electron chi connectivity index (χ0n) is 53.1. The Labute approximate surface area is 496 Å². The predicted octanol–water partition coefficient (Wildman–Crippen LogP) is 23.8. The van der Waals surface area contributed by atoms with Gasteiger partial charge in [0.05, 0.1) is 0 Å². The predicted molar refractivity (Wildman–Crippen MR) is 348 cm³/mol. The maximum atomic E-state index is 12.9. The first-order chi connectivity index (χ1) is 39.5. The molecule has 6 nitrogen and oxygen atoms in total. The fraction of sp³-hybridized carbons (Fsp3) is 0.770. The van der Waals surface area contributed by atoms with Crippen LogP contribution in [0.15, 0.2) is 85.1 Å². The summed E-state index contributed by atoms with van der Waals surface area (Å²) in [6.45, 7) is 6.50. The van der Waals surface area contributed by atoms with Gasteiger partial charge >= 0.3 is 17.9 Å². The Hall–Kier alpha value is -3.41. The molecule has 1 unspecified atom stereocenters. The normalized spacial score (nSPS) is 12.6. The first-order valence-corrected chi connectivity index (χ1v) is 34.6. The zero-order valence-corrected chi connectivity index (χ0v) is 53.1. The molecule has 0 aliphatic rings. The second-order valence-corrected chi connectivity index (χ2v) is 23.1. The van der Waals surface area contributed by atoms with E-state index in [1.165, 1.54) is 199 Å². The minimum atomic E-state index is -0.802. The van der Waals surface area contributed by atoms with E-state index in [4.69, 9.17) is 14.2 Å². The van der Waals surface area contributed by atoms with Crippen molar-refractivity contribution in [1.29, 1.82) is 0 Å². The standard InChI is InChI=1S/C74H130O6/c1-4-7-10-13-16-19-22-25-28-30-31-32-33-34-35-36-37-38-39-40-41-42-43-44-47-49-52-55-58-61-64-67-73(76)79-70-71(69-78-72(75)66-63-60-57-54-51-48-45-27-24-21-18-15-12-9-6-3)80-74(77)68-65-62-59-56-53-50-46-29-26-23-20-17-14-11-8-5-2/h9,12,18,20-21,23,27,29-31,45-46,51,54,71H,4-8,10-11,13-17,19,22,24-26,28,32-44,47-50,52-53,55-70H2,1-3H3/b12-9-,21-18-,23-20-,31-30-,45-27-,46-29-,54-51-. The van der Waals surface area contributed by atoms with Gasteiger partial charge in [0.2, 0.25) is 0 Å². The fourth-order valence-corrected chi connectivity index (χ4v) is 9.93. The summed E-state index contributed by atoms with van der Waals surface area (Å²) in [4.78, 5) is 38.3. The van der Waals surface area contributed by atoms with E-state index in [1.54, 1.807) is 0 Å². The Morgan fingerprint density at radius 2 is 0.487 bits per heavy atom. The number of carbonyl (C=O) groups is 3. The highest BCUT2D eigenvalue weighted by molar-refractivity contribution is 5.71. The summed E-state index contributed by atoms with van der Waals surface area (Å²) in [5, 5.41) is 0. The van der Waals surface area contributed by atoms with Gasteiger partial charge in [-0.05, 0) is 116 Å². The summed E-state index contributed by atoms with van der Waals surface area (Å²) in [5.74, 6) is -0.936. The van der Waals surface area contributed by atoms with Crippen LogP contribution in [0.1, 0.15) is 348 Å². The topological polar surface area (TPSA) is 78.9 Å². The van der Waals surface area contributed by atoms with Crippen LogP contribution in [0.2, 0.25) is 0 Å². The van der Waals surface area contributed by atoms with E-state index in [1.807, 2.05) is 0 Å². The van der Waals surface area contributed by atoms with Gasteiger partial charge in [-0.25, -0.2) is 0 Å². The third kappa shape index (κ3) is 65.4. The van der Waals surface area contributed by atoms with E-state index in [-0.39, 0.29) is 31.1 Å². The first-order valence-electron chi connectivity index (χ1n) is 34.6. The largest absolute Gasteiger partial charge is 0.462 e. The molecule has 1 atom stereocenters. The van der Waals surface area contributed by atoms with Crippen LogP contribution in [0.5, 0.6) is 0 Å². The second-order valence-electron chi connectivity index (χ2n) is 23.1. The molecule has 0 N–H and O–H groups in total. The molecule has 0 aliphatic carbocycles. The van der Waals surface area contributed by atoms with Crippen LogP contribution in [0.3, 0.4) is 0 Å². The number of esters is 3. The molecule has 80 heavy (non-hydrogen) atoms. The zero-order chi connectivity index (χ0) is 57.8. The molecule has 0 aromatic carbocycles. The summed E-state index contributed by atoms with van der Waals surface area (Å²) in [6, 6.07) is 0. The molecule has 462 valence electrons. The van der Waals surface area contributed by atoms with Gasteiger partial charge in [0.25, 0.3) is 0 Å². The quantitative estimate of drug-likeness (QED) is 0.0261.